The Morgan fingerprint density at radius 3 is 2.50 bits per heavy atom. The van der Waals surface area contributed by atoms with Crippen LogP contribution in [0, 0.1) is 20.8 Å². The number of aryl methyl sites for hydroxylation is 2. The van der Waals surface area contributed by atoms with E-state index in [9.17, 15) is 0 Å². The van der Waals surface area contributed by atoms with E-state index < -0.39 is 0 Å². The van der Waals surface area contributed by atoms with E-state index in [0.717, 1.165) is 18.8 Å². The Hall–Kier alpha value is -1.13. The molecular weight excluding hydrogens is 266 g/mol. The molecule has 0 atom stereocenters. The van der Waals surface area contributed by atoms with Crippen molar-refractivity contribution in [3.8, 4) is 0 Å². The minimum atomic E-state index is 0.163. The van der Waals surface area contributed by atoms with Crippen LogP contribution in [0.4, 0.5) is 0 Å². The van der Waals surface area contributed by atoms with Gasteiger partial charge in [0.25, 0.3) is 0 Å². The molecule has 0 unspecified atom stereocenters. The molecule has 2 aromatic rings. The Kier molecular flexibility index (Phi) is 4.35. The summed E-state index contributed by atoms with van der Waals surface area (Å²) in [6.45, 7) is 14.9. The van der Waals surface area contributed by atoms with Gasteiger partial charge in [0.15, 0.2) is 0 Å². The predicted molar refractivity (Wildman–Crippen MR) is 86.5 cm³/mol. The van der Waals surface area contributed by atoms with Gasteiger partial charge >= 0.3 is 0 Å². The Morgan fingerprint density at radius 2 is 1.95 bits per heavy atom. The second kappa shape index (κ2) is 5.70. The second-order valence-corrected chi connectivity index (χ2v) is 7.78. The quantitative estimate of drug-likeness (QED) is 0.928. The third-order valence-electron chi connectivity index (χ3n) is 3.55. The van der Waals surface area contributed by atoms with Crippen molar-refractivity contribution in [2.75, 3.05) is 0 Å². The lowest BCUT2D eigenvalue weighted by Crippen LogP contribution is -2.34. The van der Waals surface area contributed by atoms with Crippen molar-refractivity contribution >= 4 is 11.3 Å². The third-order valence-corrected chi connectivity index (χ3v) is 4.64. The lowest BCUT2D eigenvalue weighted by atomic mass is 10.1. The van der Waals surface area contributed by atoms with E-state index in [0.29, 0.717) is 0 Å². The summed E-state index contributed by atoms with van der Waals surface area (Å²) < 4.78 is 2.23. The molecule has 1 N–H and O–H groups in total. The smallest absolute Gasteiger partial charge is 0.0954 e. The number of nitrogens with one attached hydrogen (secondary N) is 1. The maximum absolute atomic E-state index is 4.37. The average Bonchev–Trinajstić information content (AvgIpc) is 2.84. The molecule has 0 aromatic carbocycles. The maximum Gasteiger partial charge on any atom is 0.0954 e. The summed E-state index contributed by atoms with van der Waals surface area (Å²) in [5.41, 5.74) is 3.94. The summed E-state index contributed by atoms with van der Waals surface area (Å²) in [6, 6.07) is 2.33. The highest BCUT2D eigenvalue weighted by Gasteiger charge is 2.12. The summed E-state index contributed by atoms with van der Waals surface area (Å²) in [5, 5.41) is 3.55. The first-order valence-corrected chi connectivity index (χ1v) is 7.89. The van der Waals surface area contributed by atoms with Gasteiger partial charge in [0.2, 0.25) is 0 Å². The number of hydrogen-bond acceptors (Lipinski definition) is 3. The fraction of sp³-hybridized carbons (Fsp3) is 0.562. The van der Waals surface area contributed by atoms with Crippen LogP contribution in [-0.4, -0.2) is 15.1 Å². The van der Waals surface area contributed by atoms with Crippen LogP contribution in [0.2, 0.25) is 0 Å². The molecule has 0 bridgehead atoms. The fourth-order valence-electron chi connectivity index (χ4n) is 2.07. The molecule has 2 heterocycles. The van der Waals surface area contributed by atoms with Crippen LogP contribution in [0.3, 0.4) is 0 Å². The molecule has 0 radical (unpaired) electrons. The highest BCUT2D eigenvalue weighted by molar-refractivity contribution is 7.12. The number of imidazole rings is 1. The van der Waals surface area contributed by atoms with Gasteiger partial charge < -0.3 is 9.88 Å². The Bertz CT molecular complexity index is 587. The van der Waals surface area contributed by atoms with Crippen molar-refractivity contribution in [2.24, 2.45) is 0 Å². The molecule has 0 fully saturated rings. The van der Waals surface area contributed by atoms with Crippen LogP contribution in [0.5, 0.6) is 0 Å². The molecule has 0 spiro atoms. The molecule has 0 aliphatic heterocycles. The van der Waals surface area contributed by atoms with Gasteiger partial charge in [-0.1, -0.05) is 0 Å². The lowest BCUT2D eigenvalue weighted by Gasteiger charge is -2.19. The topological polar surface area (TPSA) is 29.9 Å². The Balaban J connectivity index is 2.10. The van der Waals surface area contributed by atoms with Crippen LogP contribution in [0.25, 0.3) is 0 Å². The molecule has 0 amide bonds. The van der Waals surface area contributed by atoms with Crippen molar-refractivity contribution in [2.45, 2.75) is 60.2 Å². The highest BCUT2D eigenvalue weighted by atomic mass is 32.1. The van der Waals surface area contributed by atoms with Crippen LogP contribution in [-0.2, 0) is 13.1 Å². The van der Waals surface area contributed by atoms with Crippen molar-refractivity contribution in [1.82, 2.24) is 14.9 Å². The van der Waals surface area contributed by atoms with E-state index in [1.165, 1.54) is 21.0 Å². The second-order valence-electron chi connectivity index (χ2n) is 6.44. The molecule has 4 heteroatoms. The van der Waals surface area contributed by atoms with Crippen molar-refractivity contribution in [3.05, 3.63) is 39.1 Å². The zero-order chi connectivity index (χ0) is 14.9. The standard InChI is InChI=1S/C16H25N3S/c1-11-12(2)19(10-17-11)9-14-7-15(20-13(14)3)8-18-16(4,5)6/h7,10,18H,8-9H2,1-6H3. The summed E-state index contributed by atoms with van der Waals surface area (Å²) in [7, 11) is 0. The normalized spacial score (nSPS) is 12.1. The fourth-order valence-corrected chi connectivity index (χ4v) is 3.06. The third kappa shape index (κ3) is 3.70. The minimum Gasteiger partial charge on any atom is -0.330 e. The van der Waals surface area contributed by atoms with E-state index in [1.807, 2.05) is 17.7 Å². The van der Waals surface area contributed by atoms with Gasteiger partial charge in [-0.25, -0.2) is 4.98 Å². The van der Waals surface area contributed by atoms with Gasteiger partial charge in [0.05, 0.1) is 12.0 Å². The molecular formula is C16H25N3S. The summed E-state index contributed by atoms with van der Waals surface area (Å²) in [4.78, 5) is 7.18. The van der Waals surface area contributed by atoms with Gasteiger partial charge in [-0.05, 0) is 53.2 Å². The Morgan fingerprint density at radius 1 is 1.25 bits per heavy atom. The van der Waals surface area contributed by atoms with Gasteiger partial charge in [0, 0.05) is 34.1 Å². The van der Waals surface area contributed by atoms with Gasteiger partial charge in [-0.2, -0.15) is 0 Å². The van der Waals surface area contributed by atoms with Crippen LogP contribution in [0.1, 0.15) is 47.5 Å². The SMILES string of the molecule is Cc1ncn(Cc2cc(CNC(C)(C)C)sc2C)c1C. The number of aromatic nitrogens is 2. The first-order valence-electron chi connectivity index (χ1n) is 7.08. The summed E-state index contributed by atoms with van der Waals surface area (Å²) >= 11 is 1.89. The lowest BCUT2D eigenvalue weighted by molar-refractivity contribution is 0.426. The first-order chi connectivity index (χ1) is 9.26. The predicted octanol–water partition coefficient (Wildman–Crippen LogP) is 3.81. The molecule has 3 nitrogen and oxygen atoms in total. The molecule has 0 saturated carbocycles. The van der Waals surface area contributed by atoms with Gasteiger partial charge in [-0.3, -0.25) is 0 Å². The van der Waals surface area contributed by atoms with Crippen LogP contribution in [0.15, 0.2) is 12.4 Å². The van der Waals surface area contributed by atoms with E-state index >= 15 is 0 Å². The van der Waals surface area contributed by atoms with E-state index in [2.05, 4.69) is 62.5 Å². The van der Waals surface area contributed by atoms with Crippen molar-refractivity contribution in [3.63, 3.8) is 0 Å². The minimum absolute atomic E-state index is 0.163. The molecule has 20 heavy (non-hydrogen) atoms. The highest BCUT2D eigenvalue weighted by Crippen LogP contribution is 2.23. The number of thiophene rings is 1. The van der Waals surface area contributed by atoms with E-state index in [1.54, 1.807) is 0 Å². The van der Waals surface area contributed by atoms with Crippen LogP contribution < -0.4 is 5.32 Å². The molecule has 2 aromatic heterocycles. The van der Waals surface area contributed by atoms with Crippen LogP contribution >= 0.6 is 11.3 Å². The number of nitrogens with zero attached hydrogens (tertiary/aromatic N) is 2. The molecule has 0 aliphatic rings. The van der Waals surface area contributed by atoms with E-state index in [-0.39, 0.29) is 5.54 Å². The summed E-state index contributed by atoms with van der Waals surface area (Å²) in [5.74, 6) is 0. The molecule has 0 saturated heterocycles. The van der Waals surface area contributed by atoms with Gasteiger partial charge in [-0.15, -0.1) is 11.3 Å². The van der Waals surface area contributed by atoms with E-state index in [4.69, 9.17) is 0 Å². The average molecular weight is 291 g/mol. The Labute approximate surface area is 126 Å². The zero-order valence-corrected chi connectivity index (χ0v) is 14.2. The summed E-state index contributed by atoms with van der Waals surface area (Å²) in [6.07, 6.45) is 1.94. The van der Waals surface area contributed by atoms with Crippen molar-refractivity contribution < 1.29 is 0 Å². The number of rotatable bonds is 4. The first kappa shape index (κ1) is 15.3. The number of hydrogen-bond donors (Lipinski definition) is 1. The van der Waals surface area contributed by atoms with Crippen molar-refractivity contribution in [1.29, 1.82) is 0 Å². The zero-order valence-electron chi connectivity index (χ0n) is 13.4. The molecule has 0 aliphatic carbocycles. The largest absolute Gasteiger partial charge is 0.330 e. The molecule has 2 rings (SSSR count). The molecule has 110 valence electrons. The monoisotopic (exact) mass is 291 g/mol. The maximum atomic E-state index is 4.37. The van der Waals surface area contributed by atoms with Gasteiger partial charge in [0.1, 0.15) is 0 Å².